The molecule has 138 valence electrons. The Morgan fingerprint density at radius 2 is 1.74 bits per heavy atom. The van der Waals surface area contributed by atoms with E-state index in [0.29, 0.717) is 17.9 Å². The average Bonchev–Trinajstić information content (AvgIpc) is 3.05. The van der Waals surface area contributed by atoms with Gasteiger partial charge in [-0.05, 0) is 49.1 Å². The van der Waals surface area contributed by atoms with Gasteiger partial charge in [0.2, 0.25) is 0 Å². The Morgan fingerprint density at radius 3 is 2.44 bits per heavy atom. The number of aryl methyl sites for hydroxylation is 1. The van der Waals surface area contributed by atoms with E-state index in [1.807, 2.05) is 60.1 Å². The molecule has 1 aliphatic carbocycles. The fourth-order valence-electron chi connectivity index (χ4n) is 3.88. The van der Waals surface area contributed by atoms with Gasteiger partial charge in [-0.1, -0.05) is 24.3 Å². The van der Waals surface area contributed by atoms with Gasteiger partial charge in [0.15, 0.2) is 17.3 Å². The van der Waals surface area contributed by atoms with E-state index < -0.39 is 0 Å². The number of aromatic nitrogens is 2. The number of carbonyl (C=O) groups excluding carboxylic acids is 1. The zero-order valence-electron chi connectivity index (χ0n) is 15.7. The molecule has 5 nitrogen and oxygen atoms in total. The molecule has 3 aromatic rings. The Morgan fingerprint density at radius 1 is 1.00 bits per heavy atom. The van der Waals surface area contributed by atoms with E-state index in [0.717, 1.165) is 34.6 Å². The first kappa shape index (κ1) is 17.3. The molecule has 1 heterocycles. The van der Waals surface area contributed by atoms with Crippen LogP contribution in [-0.4, -0.2) is 29.8 Å². The van der Waals surface area contributed by atoms with Crippen LogP contribution in [0.5, 0.6) is 11.5 Å². The highest BCUT2D eigenvalue weighted by atomic mass is 16.5. The van der Waals surface area contributed by atoms with Crippen molar-refractivity contribution in [3.63, 3.8) is 0 Å². The topological polar surface area (TPSA) is 53.3 Å². The third kappa shape index (κ3) is 2.99. The molecule has 0 N–H and O–H groups in total. The highest BCUT2D eigenvalue weighted by molar-refractivity contribution is 6.00. The van der Waals surface area contributed by atoms with Gasteiger partial charge in [-0.25, -0.2) is 4.68 Å². The summed E-state index contributed by atoms with van der Waals surface area (Å²) < 4.78 is 12.7. The van der Waals surface area contributed by atoms with Crippen LogP contribution in [0.15, 0.2) is 48.5 Å². The van der Waals surface area contributed by atoms with Gasteiger partial charge in [-0.15, -0.1) is 0 Å². The summed E-state index contributed by atoms with van der Waals surface area (Å²) in [4.78, 5) is 12.9. The molecule has 1 aliphatic rings. The number of carbonyl (C=O) groups is 1. The molecule has 1 aromatic heterocycles. The Bertz CT molecular complexity index is 992. The maximum Gasteiger partial charge on any atom is 0.167 e. The lowest BCUT2D eigenvalue weighted by molar-refractivity contribution is 0.0963. The first-order chi connectivity index (χ1) is 13.1. The number of benzene rings is 2. The van der Waals surface area contributed by atoms with Gasteiger partial charge in [-0.2, -0.15) is 5.10 Å². The maximum absolute atomic E-state index is 12.9. The van der Waals surface area contributed by atoms with Crippen molar-refractivity contribution in [2.45, 2.75) is 25.7 Å². The highest BCUT2D eigenvalue weighted by Crippen LogP contribution is 2.38. The van der Waals surface area contributed by atoms with Crippen LogP contribution in [0, 0.1) is 6.92 Å². The number of para-hydroxylation sites is 1. The molecule has 0 aliphatic heterocycles. The lowest BCUT2D eigenvalue weighted by atomic mass is 9.81. The third-order valence-electron chi connectivity index (χ3n) is 5.19. The minimum absolute atomic E-state index is 0.0865. The fourth-order valence-corrected chi connectivity index (χ4v) is 3.88. The Kier molecular flexibility index (Phi) is 4.44. The van der Waals surface area contributed by atoms with E-state index in [4.69, 9.17) is 9.47 Å². The van der Waals surface area contributed by atoms with E-state index in [-0.39, 0.29) is 11.7 Å². The van der Waals surface area contributed by atoms with E-state index in [1.165, 1.54) is 0 Å². The predicted molar refractivity (Wildman–Crippen MR) is 103 cm³/mol. The summed E-state index contributed by atoms with van der Waals surface area (Å²) >= 11 is 0. The van der Waals surface area contributed by atoms with Gasteiger partial charge in [0, 0.05) is 6.42 Å². The van der Waals surface area contributed by atoms with Crippen LogP contribution in [-0.2, 0) is 6.42 Å². The quantitative estimate of drug-likeness (QED) is 0.701. The van der Waals surface area contributed by atoms with Crippen molar-refractivity contribution in [3.05, 3.63) is 71.0 Å². The molecular formula is C22H22N2O3. The lowest BCUT2D eigenvalue weighted by Crippen LogP contribution is -2.20. The second-order valence-corrected chi connectivity index (χ2v) is 6.80. The first-order valence-corrected chi connectivity index (χ1v) is 9.01. The summed E-state index contributed by atoms with van der Waals surface area (Å²) in [6.07, 6.45) is 1.23. The third-order valence-corrected chi connectivity index (χ3v) is 5.19. The van der Waals surface area contributed by atoms with Crippen LogP contribution in [0.1, 0.15) is 39.6 Å². The van der Waals surface area contributed by atoms with Crippen LogP contribution in [0.2, 0.25) is 0 Å². The van der Waals surface area contributed by atoms with Gasteiger partial charge >= 0.3 is 0 Å². The number of methoxy groups -OCH3 is 2. The van der Waals surface area contributed by atoms with Crippen molar-refractivity contribution >= 4 is 5.78 Å². The van der Waals surface area contributed by atoms with Crippen LogP contribution >= 0.6 is 0 Å². The van der Waals surface area contributed by atoms with Gasteiger partial charge < -0.3 is 9.47 Å². The van der Waals surface area contributed by atoms with Crippen LogP contribution in [0.4, 0.5) is 0 Å². The number of ketones is 1. The van der Waals surface area contributed by atoms with Gasteiger partial charge in [0.05, 0.1) is 36.9 Å². The molecule has 1 atom stereocenters. The number of hydrogen-bond donors (Lipinski definition) is 0. The highest BCUT2D eigenvalue weighted by Gasteiger charge is 2.32. The normalized spacial score (nSPS) is 16.1. The molecule has 5 heteroatoms. The number of Topliss-reactive ketones (excluding diaryl/α,β-unsaturated/α-hetero) is 1. The predicted octanol–water partition coefficient (Wildman–Crippen LogP) is 4.11. The van der Waals surface area contributed by atoms with E-state index in [2.05, 4.69) is 5.10 Å². The van der Waals surface area contributed by atoms with Crippen molar-refractivity contribution in [1.29, 1.82) is 0 Å². The molecule has 2 aromatic carbocycles. The molecule has 0 bridgehead atoms. The smallest absolute Gasteiger partial charge is 0.167 e. The van der Waals surface area contributed by atoms with Crippen molar-refractivity contribution in [3.8, 4) is 17.2 Å². The van der Waals surface area contributed by atoms with Crippen LogP contribution in [0.25, 0.3) is 5.69 Å². The minimum atomic E-state index is 0.0865. The van der Waals surface area contributed by atoms with E-state index in [1.54, 1.807) is 14.2 Å². The summed E-state index contributed by atoms with van der Waals surface area (Å²) in [5.41, 5.74) is 4.60. The SMILES string of the molecule is COc1ccc(C2CC(=O)c3c(C)nn(-c4ccccc4)c3C2)cc1OC. The molecule has 1 unspecified atom stereocenters. The number of nitrogens with zero attached hydrogens (tertiary/aromatic N) is 2. The number of ether oxygens (including phenoxy) is 2. The second-order valence-electron chi connectivity index (χ2n) is 6.80. The Balaban J connectivity index is 1.76. The maximum atomic E-state index is 12.9. The lowest BCUT2D eigenvalue weighted by Gasteiger charge is -2.24. The Labute approximate surface area is 158 Å². The molecular weight excluding hydrogens is 340 g/mol. The Hall–Kier alpha value is -3.08. The molecule has 0 saturated heterocycles. The average molecular weight is 362 g/mol. The van der Waals surface area contributed by atoms with Gasteiger partial charge in [0.25, 0.3) is 0 Å². The number of rotatable bonds is 4. The van der Waals surface area contributed by atoms with Crippen LogP contribution in [0.3, 0.4) is 0 Å². The van der Waals surface area contributed by atoms with Crippen molar-refractivity contribution in [1.82, 2.24) is 9.78 Å². The molecule has 0 radical (unpaired) electrons. The van der Waals surface area contributed by atoms with E-state index >= 15 is 0 Å². The first-order valence-electron chi connectivity index (χ1n) is 9.01. The summed E-state index contributed by atoms with van der Waals surface area (Å²) in [6.45, 7) is 1.91. The summed E-state index contributed by atoms with van der Waals surface area (Å²) in [5, 5.41) is 4.65. The van der Waals surface area contributed by atoms with Gasteiger partial charge in [-0.3, -0.25) is 4.79 Å². The van der Waals surface area contributed by atoms with E-state index in [9.17, 15) is 4.79 Å². The standard InChI is InChI=1S/C22H22N2O3/c1-14-22-18(24(23-14)17-7-5-4-6-8-17)11-16(12-19(22)25)15-9-10-20(26-2)21(13-15)27-3/h4-10,13,16H,11-12H2,1-3H3. The fraction of sp³-hybridized carbons (Fsp3) is 0.273. The summed E-state index contributed by atoms with van der Waals surface area (Å²) in [5.74, 6) is 1.61. The molecule has 4 rings (SSSR count). The molecule has 27 heavy (non-hydrogen) atoms. The van der Waals surface area contributed by atoms with Crippen molar-refractivity contribution in [2.24, 2.45) is 0 Å². The number of hydrogen-bond acceptors (Lipinski definition) is 4. The van der Waals surface area contributed by atoms with Crippen LogP contribution < -0.4 is 9.47 Å². The largest absolute Gasteiger partial charge is 0.493 e. The molecule has 0 fully saturated rings. The summed E-state index contributed by atoms with van der Waals surface area (Å²) in [7, 11) is 3.24. The van der Waals surface area contributed by atoms with Crippen molar-refractivity contribution in [2.75, 3.05) is 14.2 Å². The zero-order valence-corrected chi connectivity index (χ0v) is 15.7. The summed E-state index contributed by atoms with van der Waals surface area (Å²) in [6, 6.07) is 15.8. The molecule has 0 amide bonds. The zero-order chi connectivity index (χ0) is 19.0. The second kappa shape index (κ2) is 6.91. The van der Waals surface area contributed by atoms with Gasteiger partial charge in [0.1, 0.15) is 0 Å². The van der Waals surface area contributed by atoms with Crippen molar-refractivity contribution < 1.29 is 14.3 Å². The molecule has 0 spiro atoms. The number of fused-ring (bicyclic) bond motifs is 1. The monoisotopic (exact) mass is 362 g/mol. The minimum Gasteiger partial charge on any atom is -0.493 e. The molecule has 0 saturated carbocycles.